The molecule has 0 aromatic carbocycles. The Balaban J connectivity index is 3.62. The Morgan fingerprint density at radius 3 is 2.67 bits per heavy atom. The summed E-state index contributed by atoms with van der Waals surface area (Å²) >= 11 is 2.30. The average Bonchev–Trinajstić information content (AvgIpc) is 1.83. The molecule has 1 aromatic heterocycles. The summed E-state index contributed by atoms with van der Waals surface area (Å²) < 4.78 is 0.875. The van der Waals surface area contributed by atoms with Crippen LogP contribution in [0.5, 0.6) is 0 Å². The van der Waals surface area contributed by atoms with Crippen molar-refractivity contribution in [2.24, 2.45) is 0 Å². The van der Waals surface area contributed by atoms with Crippen molar-refractivity contribution in [2.75, 3.05) is 0 Å². The van der Waals surface area contributed by atoms with E-state index < -0.39 is 5.69 Å². The van der Waals surface area contributed by atoms with Gasteiger partial charge in [0.05, 0.1) is 0 Å². The van der Waals surface area contributed by atoms with Gasteiger partial charge in [0.2, 0.25) is 0 Å². The molecule has 1 heterocycles. The molecule has 0 aliphatic rings. The van der Waals surface area contributed by atoms with Gasteiger partial charge in [0.1, 0.15) is 0 Å². The summed E-state index contributed by atoms with van der Waals surface area (Å²) in [6.45, 7) is 0. The number of hydrogen-bond acceptors (Lipinski definition) is 2. The molecule has 0 amide bonds. The summed E-state index contributed by atoms with van der Waals surface area (Å²) in [6.07, 6.45) is 1.30. The molecule has 1 rings (SSSR count). The number of hydrogen-bond donors (Lipinski definition) is 1. The van der Waals surface area contributed by atoms with Gasteiger partial charge in [-0.25, -0.2) is 0 Å². The molecule has 1 aromatic rings. The zero-order valence-corrected chi connectivity index (χ0v) is 6.04. The minimum absolute atomic E-state index is 0.348. The van der Waals surface area contributed by atoms with Gasteiger partial charge in [-0.15, -0.1) is 0 Å². The van der Waals surface area contributed by atoms with E-state index in [9.17, 15) is 9.59 Å². The van der Waals surface area contributed by atoms with Crippen molar-refractivity contribution in [2.45, 2.75) is 0 Å². The third kappa shape index (κ3) is 1.12. The Hall–Kier alpha value is -0.801. The number of aromatic nitrogens is 2. The molecule has 0 spiro atoms. The van der Waals surface area contributed by atoms with Crippen LogP contribution in [0.2, 0.25) is 0 Å². The van der Waals surface area contributed by atoms with Crippen LogP contribution in [0, 0.1) is 0 Å². The van der Waals surface area contributed by atoms with Crippen molar-refractivity contribution in [1.82, 2.24) is 8.57 Å². The molecule has 0 unspecified atom stereocenters. The van der Waals surface area contributed by atoms with E-state index in [4.69, 9.17) is 0 Å². The minimum atomic E-state index is -0.442. The molecule has 0 saturated carbocycles. The van der Waals surface area contributed by atoms with E-state index in [0.717, 1.165) is 3.58 Å². The molecule has 0 bridgehead atoms. The van der Waals surface area contributed by atoms with E-state index in [0.29, 0.717) is 0 Å². The molecule has 5 heteroatoms. The second-order valence-corrected chi connectivity index (χ2v) is 2.18. The molecule has 0 aliphatic carbocycles. The SMILES string of the molecule is O=c1cc[nH]c(=O)n1[Se]. The second kappa shape index (κ2) is 2.21. The van der Waals surface area contributed by atoms with Gasteiger partial charge in [-0.2, -0.15) is 0 Å². The van der Waals surface area contributed by atoms with Crippen LogP contribution in [0.3, 0.4) is 0 Å². The van der Waals surface area contributed by atoms with Crippen LogP contribution in [0.15, 0.2) is 21.9 Å². The summed E-state index contributed by atoms with van der Waals surface area (Å²) in [7, 11) is 0. The van der Waals surface area contributed by atoms with E-state index >= 15 is 0 Å². The van der Waals surface area contributed by atoms with Gasteiger partial charge in [-0.05, 0) is 0 Å². The van der Waals surface area contributed by atoms with E-state index in [1.165, 1.54) is 12.3 Å². The monoisotopic (exact) mass is 191 g/mol. The summed E-state index contributed by atoms with van der Waals surface area (Å²) in [5.41, 5.74) is -0.791. The molecule has 0 fully saturated rings. The number of aromatic amines is 1. The zero-order valence-electron chi connectivity index (χ0n) is 4.33. The molecular formula is C4H3N2O2Se. The summed E-state index contributed by atoms with van der Waals surface area (Å²) in [5.74, 6) is 0. The van der Waals surface area contributed by atoms with Crippen LogP contribution in [0.1, 0.15) is 0 Å². The Kier molecular flexibility index (Phi) is 1.55. The third-order valence-electron chi connectivity index (χ3n) is 0.817. The molecule has 0 atom stereocenters. The molecule has 9 heavy (non-hydrogen) atoms. The van der Waals surface area contributed by atoms with Crippen molar-refractivity contribution >= 4 is 16.2 Å². The maximum absolute atomic E-state index is 10.6. The van der Waals surface area contributed by atoms with E-state index in [2.05, 4.69) is 21.2 Å². The fourth-order valence-electron chi connectivity index (χ4n) is 0.411. The molecule has 1 radical (unpaired) electrons. The molecule has 0 aliphatic heterocycles. The maximum atomic E-state index is 10.6. The van der Waals surface area contributed by atoms with Crippen LogP contribution in [0.25, 0.3) is 0 Å². The number of H-pyrrole nitrogens is 1. The van der Waals surface area contributed by atoms with E-state index in [-0.39, 0.29) is 5.56 Å². The van der Waals surface area contributed by atoms with E-state index in [1.54, 1.807) is 0 Å². The van der Waals surface area contributed by atoms with E-state index in [1.807, 2.05) is 0 Å². The van der Waals surface area contributed by atoms with Crippen LogP contribution in [0.4, 0.5) is 0 Å². The summed E-state index contributed by atoms with van der Waals surface area (Å²) in [5, 5.41) is 0. The zero-order chi connectivity index (χ0) is 6.85. The first-order valence-electron chi connectivity index (χ1n) is 2.20. The number of rotatable bonds is 0. The van der Waals surface area contributed by atoms with Crippen LogP contribution in [-0.2, 0) is 0 Å². The van der Waals surface area contributed by atoms with Gasteiger partial charge in [-0.3, -0.25) is 0 Å². The quantitative estimate of drug-likeness (QED) is 0.504. The van der Waals surface area contributed by atoms with Crippen molar-refractivity contribution in [3.05, 3.63) is 33.1 Å². The Bertz CT molecular complexity index is 285. The molecule has 47 valence electrons. The van der Waals surface area contributed by atoms with Crippen molar-refractivity contribution in [3.63, 3.8) is 0 Å². The van der Waals surface area contributed by atoms with Gasteiger partial charge in [-0.1, -0.05) is 0 Å². The van der Waals surface area contributed by atoms with Gasteiger partial charge in [0.25, 0.3) is 0 Å². The predicted octanol–water partition coefficient (Wildman–Crippen LogP) is -1.53. The van der Waals surface area contributed by atoms with Crippen molar-refractivity contribution in [1.29, 1.82) is 0 Å². The van der Waals surface area contributed by atoms with Crippen LogP contribution >= 0.6 is 0 Å². The van der Waals surface area contributed by atoms with Gasteiger partial charge in [0, 0.05) is 0 Å². The molecule has 1 N–H and O–H groups in total. The fourth-order valence-corrected chi connectivity index (χ4v) is 0.649. The Morgan fingerprint density at radius 2 is 2.22 bits per heavy atom. The normalized spacial score (nSPS) is 9.33. The van der Waals surface area contributed by atoms with Crippen LogP contribution < -0.4 is 11.2 Å². The fraction of sp³-hybridized carbons (Fsp3) is 0. The topological polar surface area (TPSA) is 54.9 Å². The molecule has 0 saturated heterocycles. The third-order valence-corrected chi connectivity index (χ3v) is 1.54. The first-order chi connectivity index (χ1) is 4.22. The van der Waals surface area contributed by atoms with Gasteiger partial charge >= 0.3 is 57.9 Å². The summed E-state index contributed by atoms with van der Waals surface area (Å²) in [4.78, 5) is 23.4. The first-order valence-corrected chi connectivity index (χ1v) is 2.96. The predicted molar refractivity (Wildman–Crippen MR) is 32.5 cm³/mol. The Labute approximate surface area is 58.6 Å². The molecular weight excluding hydrogens is 187 g/mol. The van der Waals surface area contributed by atoms with Gasteiger partial charge < -0.3 is 0 Å². The standard InChI is InChI=1S/C4H3N2O2Se/c7-3-1-2-5-4(8)6(3)9/h1-2H,(H,5,8). The second-order valence-electron chi connectivity index (χ2n) is 1.42. The first kappa shape index (κ1) is 6.32. The number of nitrogens with one attached hydrogen (secondary N) is 1. The summed E-state index contributed by atoms with van der Waals surface area (Å²) in [6, 6.07) is 1.26. The van der Waals surface area contributed by atoms with Crippen LogP contribution in [-0.4, -0.2) is 24.8 Å². The Morgan fingerprint density at radius 1 is 1.56 bits per heavy atom. The van der Waals surface area contributed by atoms with Crippen molar-refractivity contribution in [3.8, 4) is 0 Å². The van der Waals surface area contributed by atoms with Crippen molar-refractivity contribution < 1.29 is 0 Å². The van der Waals surface area contributed by atoms with Gasteiger partial charge in [0.15, 0.2) is 0 Å². The number of nitrogens with zero attached hydrogens (tertiary/aromatic N) is 1. The molecule has 4 nitrogen and oxygen atoms in total. The average molecular weight is 190 g/mol.